The van der Waals surface area contributed by atoms with Crippen LogP contribution in [0.5, 0.6) is 11.9 Å². The number of nitrogen functional groups attached to an aromatic ring is 1. The molecule has 3 saturated heterocycles. The van der Waals surface area contributed by atoms with Gasteiger partial charge in [-0.2, -0.15) is 31.9 Å². The van der Waals surface area contributed by atoms with Crippen molar-refractivity contribution in [3.63, 3.8) is 0 Å². The van der Waals surface area contributed by atoms with Gasteiger partial charge in [0.2, 0.25) is 5.88 Å². The van der Waals surface area contributed by atoms with Gasteiger partial charge in [0.25, 0.3) is 6.08 Å². The minimum Gasteiger partial charge on any atom is -0.477 e. The van der Waals surface area contributed by atoms with Crippen molar-refractivity contribution < 1.29 is 40.2 Å². The van der Waals surface area contributed by atoms with Gasteiger partial charge in [0, 0.05) is 43.4 Å². The minimum atomic E-state index is -5.09. The molecule has 52 heavy (non-hydrogen) atoms. The summed E-state index contributed by atoms with van der Waals surface area (Å²) in [6, 6.07) is 0.460. The Morgan fingerprint density at radius 3 is 2.33 bits per heavy atom. The number of alkyl halides is 3. The summed E-state index contributed by atoms with van der Waals surface area (Å²) in [6.07, 6.45) is -5.37. The molecule has 3 aliphatic heterocycles. The first-order chi connectivity index (χ1) is 24.6. The molecule has 0 bridgehead atoms. The fourth-order valence-corrected chi connectivity index (χ4v) is 7.09. The Morgan fingerprint density at radius 2 is 1.71 bits per heavy atom. The predicted octanol–water partition coefficient (Wildman–Crippen LogP) is 8.24. The lowest BCUT2D eigenvalue weighted by molar-refractivity contribution is -0.137. The van der Waals surface area contributed by atoms with Crippen LogP contribution in [0.1, 0.15) is 71.9 Å². The highest BCUT2D eigenvalue weighted by Crippen LogP contribution is 2.46. The highest BCUT2D eigenvalue weighted by Gasteiger charge is 2.48. The number of halogens is 7. The van der Waals surface area contributed by atoms with E-state index >= 15 is 4.39 Å². The summed E-state index contributed by atoms with van der Waals surface area (Å²) in [6.45, 7) is 14.7. The number of pyridine rings is 1. The van der Waals surface area contributed by atoms with E-state index in [1.165, 1.54) is 0 Å². The average molecular weight is 744 g/mol. The summed E-state index contributed by atoms with van der Waals surface area (Å²) in [5.41, 5.74) is 0.159. The number of ether oxygens (including phenoxy) is 2. The lowest BCUT2D eigenvalue weighted by Gasteiger charge is -2.38. The van der Waals surface area contributed by atoms with E-state index in [4.69, 9.17) is 15.2 Å². The minimum absolute atomic E-state index is 0.0139. The van der Waals surface area contributed by atoms with Gasteiger partial charge >= 0.3 is 12.2 Å². The van der Waals surface area contributed by atoms with Crippen LogP contribution < -0.4 is 20.1 Å². The summed E-state index contributed by atoms with van der Waals surface area (Å²) in [5.74, 6) is -2.55. The van der Waals surface area contributed by atoms with Gasteiger partial charge in [-0.1, -0.05) is 27.7 Å². The van der Waals surface area contributed by atoms with Gasteiger partial charge in [-0.25, -0.2) is 13.8 Å². The summed E-state index contributed by atoms with van der Waals surface area (Å²) in [4.78, 5) is 19.2. The van der Waals surface area contributed by atoms with Crippen LogP contribution in [0, 0.1) is 18.6 Å². The van der Waals surface area contributed by atoms with E-state index in [2.05, 4.69) is 19.9 Å². The Balaban J connectivity index is 0.00000146. The van der Waals surface area contributed by atoms with Crippen LogP contribution in [-0.4, -0.2) is 89.3 Å². The highest BCUT2D eigenvalue weighted by atomic mass is 19.4. The quantitative estimate of drug-likeness (QED) is 0.190. The number of nitrogens with two attached hydrogens (primary N) is 1. The summed E-state index contributed by atoms with van der Waals surface area (Å²) in [5, 5.41) is 0.0220. The molecule has 2 N–H and O–H groups in total. The van der Waals surface area contributed by atoms with Crippen molar-refractivity contribution in [2.24, 2.45) is 0 Å². The summed E-state index contributed by atoms with van der Waals surface area (Å²) in [7, 11) is 1.96. The third-order valence-corrected chi connectivity index (χ3v) is 9.72. The maximum Gasteiger partial charge on any atom is 0.417 e. The molecular formula is C36H48F7N7O2. The monoisotopic (exact) mass is 743 g/mol. The first-order valence-electron chi connectivity index (χ1n) is 17.7. The molecule has 0 amide bonds. The standard InChI is InChI=1S/C32H36F7N7O2.2C2H6/c1-5-47-29-21-26(24(34)25(41-29)19-11-20(40)23(33)17(3)22(19)32(37,38)39)42-30(43-28(21)45-10-9-44(4)16(2)13-45)48-15-31-7-6-8-46(31)14-18(12-31)27(35)36;2*1-2/h11,16H,5-10,12-15,40H2,1-4H3;2*1-2H3. The normalized spacial score (nSPS) is 20.6. The van der Waals surface area contributed by atoms with Crippen molar-refractivity contribution in [3.8, 4) is 23.1 Å². The van der Waals surface area contributed by atoms with Gasteiger partial charge in [0.15, 0.2) is 5.82 Å². The fraction of sp³-hybridized carbons (Fsp3) is 0.583. The molecule has 288 valence electrons. The molecule has 9 nitrogen and oxygen atoms in total. The second kappa shape index (κ2) is 16.4. The molecule has 0 spiro atoms. The lowest BCUT2D eigenvalue weighted by Crippen LogP contribution is -2.50. The number of nitrogens with zero attached hydrogens (tertiary/aromatic N) is 6. The van der Waals surface area contributed by atoms with Crippen LogP contribution in [-0.2, 0) is 6.18 Å². The number of benzene rings is 1. The second-order valence-corrected chi connectivity index (χ2v) is 12.7. The lowest BCUT2D eigenvalue weighted by atomic mass is 9.94. The third kappa shape index (κ3) is 7.73. The van der Waals surface area contributed by atoms with Crippen molar-refractivity contribution >= 4 is 22.4 Å². The van der Waals surface area contributed by atoms with Crippen LogP contribution in [0.4, 0.5) is 42.2 Å². The van der Waals surface area contributed by atoms with Gasteiger partial charge in [-0.15, -0.1) is 0 Å². The number of likely N-dealkylation sites (N-methyl/N-ethyl adjacent to an activating group) is 1. The number of hydrogen-bond donors (Lipinski definition) is 1. The van der Waals surface area contributed by atoms with Gasteiger partial charge in [-0.3, -0.25) is 4.90 Å². The predicted molar refractivity (Wildman–Crippen MR) is 188 cm³/mol. The zero-order valence-corrected chi connectivity index (χ0v) is 30.9. The van der Waals surface area contributed by atoms with E-state index in [0.29, 0.717) is 38.7 Å². The Labute approximate surface area is 300 Å². The van der Waals surface area contributed by atoms with Crippen molar-refractivity contribution in [1.82, 2.24) is 24.8 Å². The Bertz CT molecular complexity index is 1780. The first kappa shape index (κ1) is 40.8. The van der Waals surface area contributed by atoms with Crippen LogP contribution in [0.3, 0.4) is 0 Å². The highest BCUT2D eigenvalue weighted by molar-refractivity contribution is 5.97. The van der Waals surface area contributed by atoms with Crippen LogP contribution >= 0.6 is 0 Å². The molecule has 0 saturated carbocycles. The van der Waals surface area contributed by atoms with Crippen molar-refractivity contribution in [2.75, 3.05) is 63.6 Å². The first-order valence-corrected chi connectivity index (χ1v) is 17.7. The van der Waals surface area contributed by atoms with E-state index in [9.17, 15) is 26.3 Å². The smallest absolute Gasteiger partial charge is 0.417 e. The van der Waals surface area contributed by atoms with E-state index in [0.717, 1.165) is 13.3 Å². The van der Waals surface area contributed by atoms with Crippen LogP contribution in [0.15, 0.2) is 17.7 Å². The van der Waals surface area contributed by atoms with E-state index in [1.807, 2.05) is 51.5 Å². The molecule has 16 heteroatoms. The number of rotatable bonds is 7. The second-order valence-electron chi connectivity index (χ2n) is 12.7. The molecule has 3 aromatic rings. The molecule has 3 fully saturated rings. The van der Waals surface area contributed by atoms with Crippen LogP contribution in [0.2, 0.25) is 0 Å². The number of aromatic nitrogens is 3. The molecule has 3 aliphatic rings. The molecule has 2 aromatic heterocycles. The van der Waals surface area contributed by atoms with Crippen LogP contribution in [0.25, 0.3) is 22.2 Å². The number of anilines is 2. The van der Waals surface area contributed by atoms with Gasteiger partial charge in [-0.05, 0) is 65.3 Å². The third-order valence-electron chi connectivity index (χ3n) is 9.72. The van der Waals surface area contributed by atoms with Gasteiger partial charge in [0.1, 0.15) is 34.8 Å². The zero-order chi connectivity index (χ0) is 38.7. The topological polar surface area (TPSA) is 92.9 Å². The Morgan fingerprint density at radius 1 is 1.02 bits per heavy atom. The van der Waals surface area contributed by atoms with Gasteiger partial charge < -0.3 is 25.0 Å². The number of fused-ring (bicyclic) bond motifs is 2. The van der Waals surface area contributed by atoms with E-state index in [-0.39, 0.29) is 60.9 Å². The van der Waals surface area contributed by atoms with Crippen molar-refractivity contribution in [3.05, 3.63) is 40.5 Å². The maximum atomic E-state index is 16.8. The molecule has 2 unspecified atom stereocenters. The SMILES string of the molecule is CC.CC.CCOc1nc(-c2cc(N)c(F)c(C)c2C(F)(F)F)c(F)c2nc(OCC34CCCN3CC(=C(F)F)C4)nc(N3CCN(C)C(C)C3)c12. The maximum absolute atomic E-state index is 16.8. The Kier molecular flexibility index (Phi) is 12.9. The molecule has 0 radical (unpaired) electrons. The molecule has 0 aliphatic carbocycles. The average Bonchev–Trinajstić information content (AvgIpc) is 3.68. The molecular weight excluding hydrogens is 695 g/mol. The van der Waals surface area contributed by atoms with E-state index < -0.39 is 63.0 Å². The Hall–Kier alpha value is -3.92. The molecule has 1 aromatic carbocycles. The largest absolute Gasteiger partial charge is 0.477 e. The fourth-order valence-electron chi connectivity index (χ4n) is 7.09. The zero-order valence-electron chi connectivity index (χ0n) is 30.9. The summed E-state index contributed by atoms with van der Waals surface area (Å²) >= 11 is 0. The number of piperazine rings is 1. The molecule has 6 rings (SSSR count). The van der Waals surface area contributed by atoms with E-state index in [1.54, 1.807) is 6.92 Å². The number of hydrogen-bond acceptors (Lipinski definition) is 9. The van der Waals surface area contributed by atoms with Crippen molar-refractivity contribution in [2.45, 2.75) is 85.5 Å². The molecule has 2 atom stereocenters. The summed E-state index contributed by atoms with van der Waals surface area (Å²) < 4.78 is 114. The van der Waals surface area contributed by atoms with Gasteiger partial charge in [0.05, 0.1) is 23.4 Å². The van der Waals surface area contributed by atoms with Crippen molar-refractivity contribution in [1.29, 1.82) is 0 Å². The molecule has 5 heterocycles.